The Balaban J connectivity index is 4.60. The fraction of sp³-hybridized carbons (Fsp3) is 0.765. The van der Waals surface area contributed by atoms with Crippen molar-refractivity contribution in [1.82, 2.24) is 16.0 Å². The third-order valence-corrected chi connectivity index (χ3v) is 2.81. The molecule has 6 nitrogen and oxygen atoms in total. The van der Waals surface area contributed by atoms with E-state index in [9.17, 15) is 4.79 Å². The SMILES string of the molecule is C#CCN=C(NCC)NC(CCCC)CNC(=O)OC(C)(C)C. The van der Waals surface area contributed by atoms with Gasteiger partial charge in [-0.1, -0.05) is 25.7 Å². The number of carbonyl (C=O) groups is 1. The number of aliphatic imine (C=N–C) groups is 1. The van der Waals surface area contributed by atoms with Crippen molar-refractivity contribution in [3.63, 3.8) is 0 Å². The lowest BCUT2D eigenvalue weighted by molar-refractivity contribution is 0.0523. The van der Waals surface area contributed by atoms with Gasteiger partial charge in [-0.2, -0.15) is 0 Å². The van der Waals surface area contributed by atoms with Gasteiger partial charge in [0.15, 0.2) is 5.96 Å². The molecule has 1 unspecified atom stereocenters. The number of nitrogens with one attached hydrogen (secondary N) is 3. The van der Waals surface area contributed by atoms with Gasteiger partial charge in [-0.25, -0.2) is 9.79 Å². The van der Waals surface area contributed by atoms with Crippen molar-refractivity contribution in [1.29, 1.82) is 0 Å². The predicted molar refractivity (Wildman–Crippen MR) is 95.5 cm³/mol. The van der Waals surface area contributed by atoms with Crippen LogP contribution in [-0.4, -0.2) is 43.3 Å². The van der Waals surface area contributed by atoms with E-state index in [-0.39, 0.29) is 6.04 Å². The zero-order valence-electron chi connectivity index (χ0n) is 15.2. The van der Waals surface area contributed by atoms with Crippen molar-refractivity contribution >= 4 is 12.1 Å². The minimum Gasteiger partial charge on any atom is -0.444 e. The zero-order chi connectivity index (χ0) is 17.7. The summed E-state index contributed by atoms with van der Waals surface area (Å²) in [6, 6.07) is 0.0676. The number of unbranched alkanes of at least 4 members (excludes halogenated alkanes) is 1. The summed E-state index contributed by atoms with van der Waals surface area (Å²) >= 11 is 0. The highest BCUT2D eigenvalue weighted by atomic mass is 16.6. The van der Waals surface area contributed by atoms with Crippen molar-refractivity contribution < 1.29 is 9.53 Å². The van der Waals surface area contributed by atoms with Crippen LogP contribution in [0.3, 0.4) is 0 Å². The number of hydrogen-bond acceptors (Lipinski definition) is 3. The van der Waals surface area contributed by atoms with Crippen molar-refractivity contribution in [2.45, 2.75) is 65.5 Å². The monoisotopic (exact) mass is 324 g/mol. The maximum atomic E-state index is 11.8. The summed E-state index contributed by atoms with van der Waals surface area (Å²) in [5, 5.41) is 9.27. The van der Waals surface area contributed by atoms with Gasteiger partial charge < -0.3 is 20.7 Å². The van der Waals surface area contributed by atoms with Crippen LogP contribution < -0.4 is 16.0 Å². The number of guanidine groups is 1. The number of terminal acetylenes is 1. The molecule has 0 aliphatic heterocycles. The summed E-state index contributed by atoms with van der Waals surface area (Å²) in [5.41, 5.74) is -0.500. The van der Waals surface area contributed by atoms with Gasteiger partial charge in [0.25, 0.3) is 0 Å². The van der Waals surface area contributed by atoms with Crippen molar-refractivity contribution in [2.75, 3.05) is 19.6 Å². The Morgan fingerprint density at radius 1 is 1.30 bits per heavy atom. The number of amides is 1. The van der Waals surface area contributed by atoms with Crippen LogP contribution in [0, 0.1) is 12.3 Å². The predicted octanol–water partition coefficient (Wildman–Crippen LogP) is 2.26. The maximum Gasteiger partial charge on any atom is 0.407 e. The number of carbonyl (C=O) groups excluding carboxylic acids is 1. The fourth-order valence-corrected chi connectivity index (χ4v) is 1.83. The summed E-state index contributed by atoms with van der Waals surface area (Å²) < 4.78 is 5.26. The molecule has 0 spiro atoms. The molecule has 0 heterocycles. The van der Waals surface area contributed by atoms with Crippen molar-refractivity contribution in [3.05, 3.63) is 0 Å². The number of hydrogen-bond donors (Lipinski definition) is 3. The van der Waals surface area contributed by atoms with Crippen LogP contribution in [0.25, 0.3) is 0 Å². The smallest absolute Gasteiger partial charge is 0.407 e. The van der Waals surface area contributed by atoms with E-state index in [1.54, 1.807) is 0 Å². The minimum atomic E-state index is -0.500. The Morgan fingerprint density at radius 3 is 2.52 bits per heavy atom. The normalized spacial score (nSPS) is 13.0. The fourth-order valence-electron chi connectivity index (χ4n) is 1.83. The van der Waals surface area contributed by atoms with E-state index in [1.807, 2.05) is 27.7 Å². The van der Waals surface area contributed by atoms with Gasteiger partial charge >= 0.3 is 6.09 Å². The highest BCUT2D eigenvalue weighted by Crippen LogP contribution is 2.06. The standard InChI is InChI=1S/C17H32N4O2/c1-7-10-11-14(13-20-16(22)23-17(4,5)6)21-15(18-9-3)19-12-8-2/h2,14H,7,9-13H2,1,3-6H3,(H,20,22)(H2,18,19,21). The second-order valence-electron chi connectivity index (χ2n) is 6.27. The molecule has 0 aliphatic carbocycles. The average Bonchev–Trinajstić information content (AvgIpc) is 2.45. The molecule has 0 bridgehead atoms. The molecule has 1 amide bonds. The molecule has 132 valence electrons. The molecule has 0 saturated heterocycles. The average molecular weight is 324 g/mol. The van der Waals surface area contributed by atoms with Crippen LogP contribution in [-0.2, 0) is 4.74 Å². The van der Waals surface area contributed by atoms with Crippen LogP contribution in [0.5, 0.6) is 0 Å². The Labute approximate surface area is 140 Å². The van der Waals surface area contributed by atoms with Gasteiger partial charge in [0.05, 0.1) is 0 Å². The van der Waals surface area contributed by atoms with E-state index in [2.05, 4.69) is 33.8 Å². The van der Waals surface area contributed by atoms with Crippen LogP contribution in [0.1, 0.15) is 53.9 Å². The molecule has 23 heavy (non-hydrogen) atoms. The second kappa shape index (κ2) is 11.6. The molecule has 0 fully saturated rings. The van der Waals surface area contributed by atoms with Gasteiger partial charge in [0, 0.05) is 19.1 Å². The number of ether oxygens (including phenoxy) is 1. The van der Waals surface area contributed by atoms with Crippen LogP contribution in [0.2, 0.25) is 0 Å². The third kappa shape index (κ3) is 12.3. The van der Waals surface area contributed by atoms with Gasteiger partial charge in [0.1, 0.15) is 12.1 Å². The van der Waals surface area contributed by atoms with Crippen LogP contribution in [0.4, 0.5) is 4.79 Å². The molecule has 0 rings (SSSR count). The molecule has 3 N–H and O–H groups in total. The first-order chi connectivity index (χ1) is 10.8. The molecular formula is C17H32N4O2. The summed E-state index contributed by atoms with van der Waals surface area (Å²) in [6.45, 7) is 11.2. The Bertz CT molecular complexity index is 408. The summed E-state index contributed by atoms with van der Waals surface area (Å²) in [4.78, 5) is 16.1. The number of nitrogens with zero attached hydrogens (tertiary/aromatic N) is 1. The molecule has 0 radical (unpaired) electrons. The lowest BCUT2D eigenvalue weighted by atomic mass is 10.1. The van der Waals surface area contributed by atoms with Gasteiger partial charge in [-0.05, 0) is 34.1 Å². The van der Waals surface area contributed by atoms with E-state index < -0.39 is 11.7 Å². The van der Waals surface area contributed by atoms with Crippen LogP contribution >= 0.6 is 0 Å². The lowest BCUT2D eigenvalue weighted by Gasteiger charge is -2.24. The summed E-state index contributed by atoms with van der Waals surface area (Å²) in [5.74, 6) is 3.16. The van der Waals surface area contributed by atoms with Crippen molar-refractivity contribution in [2.24, 2.45) is 4.99 Å². The molecule has 6 heteroatoms. The van der Waals surface area contributed by atoms with Gasteiger partial charge in [-0.15, -0.1) is 6.42 Å². The first kappa shape index (κ1) is 21.1. The van der Waals surface area contributed by atoms with Gasteiger partial charge in [0.2, 0.25) is 0 Å². The molecule has 0 aromatic heterocycles. The Kier molecular flexibility index (Phi) is 10.7. The van der Waals surface area contributed by atoms with E-state index in [1.165, 1.54) is 0 Å². The minimum absolute atomic E-state index is 0.0676. The Morgan fingerprint density at radius 2 is 2.00 bits per heavy atom. The molecule has 0 aromatic carbocycles. The van der Waals surface area contributed by atoms with Crippen molar-refractivity contribution in [3.8, 4) is 12.3 Å². The number of rotatable bonds is 8. The summed E-state index contributed by atoms with van der Waals surface area (Å²) in [6.07, 6.45) is 7.91. The zero-order valence-corrected chi connectivity index (χ0v) is 15.2. The molecule has 0 aliphatic rings. The number of alkyl carbamates (subject to hydrolysis) is 1. The molecule has 0 saturated carbocycles. The lowest BCUT2D eigenvalue weighted by Crippen LogP contribution is -2.49. The first-order valence-corrected chi connectivity index (χ1v) is 8.27. The van der Waals surface area contributed by atoms with E-state index in [0.29, 0.717) is 19.0 Å². The second-order valence-corrected chi connectivity index (χ2v) is 6.27. The topological polar surface area (TPSA) is 74.8 Å². The maximum absolute atomic E-state index is 11.8. The molecule has 1 atom stereocenters. The quantitative estimate of drug-likeness (QED) is 0.364. The highest BCUT2D eigenvalue weighted by Gasteiger charge is 2.17. The van der Waals surface area contributed by atoms with E-state index in [0.717, 1.165) is 25.8 Å². The molecular weight excluding hydrogens is 292 g/mol. The van der Waals surface area contributed by atoms with E-state index >= 15 is 0 Å². The van der Waals surface area contributed by atoms with Crippen LogP contribution in [0.15, 0.2) is 4.99 Å². The first-order valence-electron chi connectivity index (χ1n) is 8.27. The third-order valence-electron chi connectivity index (χ3n) is 2.81. The Hall–Kier alpha value is -1.90. The largest absolute Gasteiger partial charge is 0.444 e. The summed E-state index contributed by atoms with van der Waals surface area (Å²) in [7, 11) is 0. The molecule has 0 aromatic rings. The highest BCUT2D eigenvalue weighted by molar-refractivity contribution is 5.80. The van der Waals surface area contributed by atoms with E-state index in [4.69, 9.17) is 11.2 Å². The van der Waals surface area contributed by atoms with Gasteiger partial charge in [-0.3, -0.25) is 0 Å².